The average Bonchev–Trinajstić information content (AvgIpc) is 2.89. The largest absolute Gasteiger partial charge is 0.446 e. The quantitative estimate of drug-likeness (QED) is 0.790. The van der Waals surface area contributed by atoms with Crippen LogP contribution in [-0.4, -0.2) is 35.0 Å². The second kappa shape index (κ2) is 6.51. The van der Waals surface area contributed by atoms with Gasteiger partial charge in [0, 0.05) is 10.0 Å². The molecule has 0 radical (unpaired) electrons. The van der Waals surface area contributed by atoms with Crippen LogP contribution in [0.3, 0.4) is 0 Å². The van der Waals surface area contributed by atoms with Crippen molar-refractivity contribution in [1.82, 2.24) is 0 Å². The molecule has 2 aromatic carbocycles. The summed E-state index contributed by atoms with van der Waals surface area (Å²) in [5.41, 5.74) is 1.95. The molecule has 0 aliphatic carbocycles. The van der Waals surface area contributed by atoms with Gasteiger partial charge in [-0.05, 0) is 30.2 Å². The summed E-state index contributed by atoms with van der Waals surface area (Å²) < 4.78 is 6.31. The van der Waals surface area contributed by atoms with Crippen molar-refractivity contribution >= 4 is 33.0 Å². The van der Waals surface area contributed by atoms with Gasteiger partial charge >= 0.3 is 5.97 Å². The number of rotatable bonds is 4. The molecule has 3 rings (SSSR count). The van der Waals surface area contributed by atoms with Crippen LogP contribution in [0.15, 0.2) is 53.0 Å². The molecular weight excluding hydrogens is 372 g/mol. The zero-order valence-corrected chi connectivity index (χ0v) is 14.7. The Morgan fingerprint density at radius 1 is 0.958 bits per heavy atom. The summed E-state index contributed by atoms with van der Waals surface area (Å²) in [4.78, 5) is 12.5. The van der Waals surface area contributed by atoms with Gasteiger partial charge in [-0.3, -0.25) is 0 Å². The second-order valence-electron chi connectivity index (χ2n) is 5.82. The zero-order valence-electron chi connectivity index (χ0n) is 13.1. The third-order valence-electron chi connectivity index (χ3n) is 4.18. The van der Waals surface area contributed by atoms with Crippen molar-refractivity contribution in [2.75, 3.05) is 13.2 Å². The Hall–Kier alpha value is -1.95. The molecule has 0 amide bonds. The van der Waals surface area contributed by atoms with Crippen LogP contribution in [0.5, 0.6) is 0 Å². The maximum atomic E-state index is 12.5. The molecule has 1 aliphatic rings. The normalized spacial score (nSPS) is 16.4. The average molecular weight is 389 g/mol. The molecule has 124 valence electrons. The van der Waals surface area contributed by atoms with Crippen molar-refractivity contribution in [3.8, 4) is 0 Å². The van der Waals surface area contributed by atoms with E-state index in [-0.39, 0.29) is 0 Å². The highest BCUT2D eigenvalue weighted by Gasteiger charge is 2.48. The van der Waals surface area contributed by atoms with E-state index < -0.39 is 24.8 Å². The Kier molecular flexibility index (Phi) is 4.58. The Balaban J connectivity index is 2.27. The molecule has 0 saturated carbocycles. The lowest BCUT2D eigenvalue weighted by molar-refractivity contribution is -0.150. The van der Waals surface area contributed by atoms with E-state index in [9.17, 15) is 15.0 Å². The van der Waals surface area contributed by atoms with Gasteiger partial charge in [-0.1, -0.05) is 57.9 Å². The SMILES string of the molecule is Cc1ccc(C2=C(c3ccc(Br)cc3)C(=O)OC2(CO)CO)cc1. The first-order valence-corrected chi connectivity index (χ1v) is 8.33. The summed E-state index contributed by atoms with van der Waals surface area (Å²) in [7, 11) is 0. The summed E-state index contributed by atoms with van der Waals surface area (Å²) >= 11 is 3.37. The van der Waals surface area contributed by atoms with E-state index in [2.05, 4.69) is 15.9 Å². The first-order valence-electron chi connectivity index (χ1n) is 7.53. The number of carbonyl (C=O) groups is 1. The van der Waals surface area contributed by atoms with Gasteiger partial charge in [0.25, 0.3) is 0 Å². The molecule has 0 saturated heterocycles. The van der Waals surface area contributed by atoms with E-state index >= 15 is 0 Å². The van der Waals surface area contributed by atoms with E-state index in [1.165, 1.54) is 0 Å². The first-order chi connectivity index (χ1) is 11.5. The minimum Gasteiger partial charge on any atom is -0.446 e. The summed E-state index contributed by atoms with van der Waals surface area (Å²) in [6, 6.07) is 14.9. The molecule has 0 spiro atoms. The molecule has 24 heavy (non-hydrogen) atoms. The summed E-state index contributed by atoms with van der Waals surface area (Å²) in [5, 5.41) is 19.7. The lowest BCUT2D eigenvalue weighted by atomic mass is 9.85. The van der Waals surface area contributed by atoms with Crippen molar-refractivity contribution in [3.05, 3.63) is 69.7 Å². The lowest BCUT2D eigenvalue weighted by Crippen LogP contribution is -2.39. The lowest BCUT2D eigenvalue weighted by Gasteiger charge is -2.27. The van der Waals surface area contributed by atoms with Crippen LogP contribution in [-0.2, 0) is 9.53 Å². The molecule has 1 heterocycles. The van der Waals surface area contributed by atoms with E-state index in [1.54, 1.807) is 12.1 Å². The van der Waals surface area contributed by atoms with Crippen LogP contribution in [0.4, 0.5) is 0 Å². The van der Waals surface area contributed by atoms with Gasteiger partial charge in [-0.2, -0.15) is 0 Å². The number of carbonyl (C=O) groups excluding carboxylic acids is 1. The maximum absolute atomic E-state index is 12.5. The number of ether oxygens (including phenoxy) is 1. The molecule has 2 aromatic rings. The highest BCUT2D eigenvalue weighted by atomic mass is 79.9. The van der Waals surface area contributed by atoms with E-state index in [4.69, 9.17) is 4.74 Å². The minimum absolute atomic E-state index is 0.370. The Bertz CT molecular complexity index is 787. The molecule has 5 heteroatoms. The van der Waals surface area contributed by atoms with Crippen LogP contribution >= 0.6 is 15.9 Å². The molecule has 0 aromatic heterocycles. The summed E-state index contributed by atoms with van der Waals surface area (Å²) in [6.45, 7) is 0.992. The van der Waals surface area contributed by atoms with Crippen molar-refractivity contribution in [1.29, 1.82) is 0 Å². The van der Waals surface area contributed by atoms with Crippen molar-refractivity contribution in [2.24, 2.45) is 0 Å². The maximum Gasteiger partial charge on any atom is 0.340 e. The number of aliphatic hydroxyl groups is 2. The number of halogens is 1. The first kappa shape index (κ1) is 16.9. The molecule has 2 N–H and O–H groups in total. The van der Waals surface area contributed by atoms with Gasteiger partial charge in [0.2, 0.25) is 0 Å². The van der Waals surface area contributed by atoms with E-state index in [0.29, 0.717) is 16.7 Å². The number of hydrogen-bond acceptors (Lipinski definition) is 4. The van der Waals surface area contributed by atoms with Gasteiger partial charge < -0.3 is 14.9 Å². The summed E-state index contributed by atoms with van der Waals surface area (Å²) in [6.07, 6.45) is 0. The van der Waals surface area contributed by atoms with Gasteiger partial charge in [-0.25, -0.2) is 4.79 Å². The predicted molar refractivity (Wildman–Crippen MR) is 95.1 cm³/mol. The van der Waals surface area contributed by atoms with E-state index in [0.717, 1.165) is 15.6 Å². The van der Waals surface area contributed by atoms with Crippen molar-refractivity contribution in [3.63, 3.8) is 0 Å². The molecule has 1 aliphatic heterocycles. The third kappa shape index (κ3) is 2.79. The van der Waals surface area contributed by atoms with Gasteiger partial charge in [0.15, 0.2) is 5.60 Å². The summed E-state index contributed by atoms with van der Waals surface area (Å²) in [5.74, 6) is -0.545. The van der Waals surface area contributed by atoms with Crippen molar-refractivity contribution in [2.45, 2.75) is 12.5 Å². The minimum atomic E-state index is -1.44. The second-order valence-corrected chi connectivity index (χ2v) is 6.74. The van der Waals surface area contributed by atoms with Crippen LogP contribution in [0.1, 0.15) is 16.7 Å². The standard InChI is InChI=1S/C19H17BrO4/c1-12-2-4-14(5-3-12)17-16(13-6-8-15(20)9-7-13)18(23)24-19(17,10-21)11-22/h2-9,21-22H,10-11H2,1H3. The molecule has 0 unspecified atom stereocenters. The van der Waals surface area contributed by atoms with E-state index in [1.807, 2.05) is 43.3 Å². The number of esters is 1. The van der Waals surface area contributed by atoms with Gasteiger partial charge in [0.1, 0.15) is 0 Å². The highest BCUT2D eigenvalue weighted by molar-refractivity contribution is 9.10. The van der Waals surface area contributed by atoms with Crippen LogP contribution in [0.25, 0.3) is 11.1 Å². The van der Waals surface area contributed by atoms with Gasteiger partial charge in [-0.15, -0.1) is 0 Å². The smallest absolute Gasteiger partial charge is 0.340 e. The molecule has 4 nitrogen and oxygen atoms in total. The van der Waals surface area contributed by atoms with Crippen LogP contribution in [0.2, 0.25) is 0 Å². The number of hydrogen-bond donors (Lipinski definition) is 2. The zero-order chi connectivity index (χ0) is 17.3. The van der Waals surface area contributed by atoms with Crippen LogP contribution < -0.4 is 0 Å². The predicted octanol–water partition coefficient (Wildman–Crippen LogP) is 2.95. The number of cyclic esters (lactones) is 1. The third-order valence-corrected chi connectivity index (χ3v) is 4.71. The number of aryl methyl sites for hydroxylation is 1. The van der Waals surface area contributed by atoms with Crippen molar-refractivity contribution < 1.29 is 19.7 Å². The molecular formula is C19H17BrO4. The monoisotopic (exact) mass is 388 g/mol. The fourth-order valence-corrected chi connectivity index (χ4v) is 3.15. The Morgan fingerprint density at radius 2 is 1.50 bits per heavy atom. The fraction of sp³-hybridized carbons (Fsp3) is 0.211. The molecule has 0 fully saturated rings. The van der Waals surface area contributed by atoms with Crippen LogP contribution in [0, 0.1) is 6.92 Å². The fourth-order valence-electron chi connectivity index (χ4n) is 2.89. The topological polar surface area (TPSA) is 66.8 Å². The highest BCUT2D eigenvalue weighted by Crippen LogP contribution is 2.44. The van der Waals surface area contributed by atoms with Gasteiger partial charge in [0.05, 0.1) is 18.8 Å². The molecule has 0 atom stereocenters. The number of aliphatic hydroxyl groups excluding tert-OH is 2. The molecule has 0 bridgehead atoms. The number of benzene rings is 2. The Morgan fingerprint density at radius 3 is 2.04 bits per heavy atom. The Labute approximate surface area is 148 Å².